The van der Waals surface area contributed by atoms with Gasteiger partial charge >= 0.3 is 0 Å². The first-order valence-corrected chi connectivity index (χ1v) is 6.20. The van der Waals surface area contributed by atoms with E-state index >= 15 is 0 Å². The molecule has 2 rings (SSSR count). The molecule has 2 aliphatic rings. The molecular weight excluding hydrogens is 218 g/mol. The lowest BCUT2D eigenvalue weighted by molar-refractivity contribution is -0.141. The van der Waals surface area contributed by atoms with Crippen molar-refractivity contribution in [2.24, 2.45) is 5.92 Å². The van der Waals surface area contributed by atoms with Crippen molar-refractivity contribution in [1.29, 1.82) is 0 Å². The summed E-state index contributed by atoms with van der Waals surface area (Å²) in [6, 6.07) is 0.858. The van der Waals surface area contributed by atoms with Gasteiger partial charge in [0.25, 0.3) is 0 Å². The molecule has 3 atom stereocenters. The number of carbonyl (C=O) groups is 2. The summed E-state index contributed by atoms with van der Waals surface area (Å²) in [5.41, 5.74) is 0. The number of rotatable bonds is 3. The first-order chi connectivity index (χ1) is 7.99. The minimum absolute atomic E-state index is 0.0306. The molecule has 2 bridgehead atoms. The summed E-state index contributed by atoms with van der Waals surface area (Å²) in [7, 11) is 5.13. The van der Waals surface area contributed by atoms with E-state index in [2.05, 4.69) is 5.32 Å². The Morgan fingerprint density at radius 2 is 1.94 bits per heavy atom. The molecule has 2 amide bonds. The maximum Gasteiger partial charge on any atom is 0.241 e. The summed E-state index contributed by atoms with van der Waals surface area (Å²) in [5.74, 6) is 0.158. The largest absolute Gasteiger partial charge is 0.347 e. The van der Waals surface area contributed by atoms with Gasteiger partial charge in [0, 0.05) is 33.2 Å². The van der Waals surface area contributed by atoms with Crippen LogP contribution in [0, 0.1) is 5.92 Å². The second-order valence-corrected chi connectivity index (χ2v) is 5.37. The molecule has 5 nitrogen and oxygen atoms in total. The standard InChI is InChI=1S/C12H21N3O2/c1-14(2)11(16)7-15(3)12(17)9-6-8-4-5-10(9)13-8/h8-10,13H,4-7H2,1-3H3. The molecule has 17 heavy (non-hydrogen) atoms. The van der Waals surface area contributed by atoms with E-state index in [4.69, 9.17) is 0 Å². The smallest absolute Gasteiger partial charge is 0.241 e. The van der Waals surface area contributed by atoms with E-state index in [0.717, 1.165) is 12.8 Å². The van der Waals surface area contributed by atoms with Gasteiger partial charge in [0.15, 0.2) is 0 Å². The van der Waals surface area contributed by atoms with Crippen LogP contribution < -0.4 is 5.32 Å². The van der Waals surface area contributed by atoms with Gasteiger partial charge in [-0.2, -0.15) is 0 Å². The Hall–Kier alpha value is -1.10. The van der Waals surface area contributed by atoms with Crippen LogP contribution in [0.5, 0.6) is 0 Å². The first kappa shape index (κ1) is 12.4. The number of nitrogens with one attached hydrogen (secondary N) is 1. The fourth-order valence-corrected chi connectivity index (χ4v) is 2.80. The average Bonchev–Trinajstić information content (AvgIpc) is 2.89. The average molecular weight is 239 g/mol. The number of carbonyl (C=O) groups excluding carboxylic acids is 2. The van der Waals surface area contributed by atoms with Crippen molar-refractivity contribution in [2.45, 2.75) is 31.3 Å². The molecule has 5 heteroatoms. The van der Waals surface area contributed by atoms with Crippen LogP contribution in [0.3, 0.4) is 0 Å². The molecule has 2 saturated heterocycles. The number of hydrogen-bond donors (Lipinski definition) is 1. The van der Waals surface area contributed by atoms with Gasteiger partial charge in [-0.3, -0.25) is 9.59 Å². The molecular formula is C12H21N3O2. The third-order valence-corrected chi connectivity index (χ3v) is 3.86. The first-order valence-electron chi connectivity index (χ1n) is 6.20. The fourth-order valence-electron chi connectivity index (χ4n) is 2.80. The van der Waals surface area contributed by atoms with Gasteiger partial charge in [0.05, 0.1) is 12.5 Å². The Bertz CT molecular complexity index is 330. The molecule has 0 aromatic carbocycles. The third-order valence-electron chi connectivity index (χ3n) is 3.86. The van der Waals surface area contributed by atoms with Crippen LogP contribution in [0.2, 0.25) is 0 Å². The van der Waals surface area contributed by atoms with E-state index < -0.39 is 0 Å². The Kier molecular flexibility index (Phi) is 3.38. The molecule has 2 aliphatic heterocycles. The normalized spacial score (nSPS) is 30.4. The van der Waals surface area contributed by atoms with E-state index in [9.17, 15) is 9.59 Å². The molecule has 3 unspecified atom stereocenters. The zero-order valence-electron chi connectivity index (χ0n) is 10.8. The van der Waals surface area contributed by atoms with Crippen molar-refractivity contribution in [3.63, 3.8) is 0 Å². The van der Waals surface area contributed by atoms with Crippen LogP contribution in [0.15, 0.2) is 0 Å². The van der Waals surface area contributed by atoms with E-state index in [1.54, 1.807) is 26.0 Å². The lowest BCUT2D eigenvalue weighted by Gasteiger charge is -2.26. The van der Waals surface area contributed by atoms with Gasteiger partial charge in [-0.15, -0.1) is 0 Å². The van der Waals surface area contributed by atoms with Crippen LogP contribution in [0.25, 0.3) is 0 Å². The van der Waals surface area contributed by atoms with Gasteiger partial charge in [0.1, 0.15) is 0 Å². The summed E-state index contributed by atoms with van der Waals surface area (Å²) >= 11 is 0. The molecule has 2 fully saturated rings. The Labute approximate surface area is 102 Å². The fraction of sp³-hybridized carbons (Fsp3) is 0.833. The minimum atomic E-state index is -0.0306. The molecule has 0 aromatic heterocycles. The van der Waals surface area contributed by atoms with Gasteiger partial charge in [-0.05, 0) is 19.3 Å². The molecule has 96 valence electrons. The predicted octanol–water partition coefficient (Wildman–Crippen LogP) is -0.326. The molecule has 0 spiro atoms. The van der Waals surface area contributed by atoms with Crippen molar-refractivity contribution in [1.82, 2.24) is 15.1 Å². The second kappa shape index (κ2) is 4.64. The van der Waals surface area contributed by atoms with Crippen LogP contribution in [-0.4, -0.2) is 61.4 Å². The molecule has 1 N–H and O–H groups in total. The van der Waals surface area contributed by atoms with Gasteiger partial charge in [0.2, 0.25) is 11.8 Å². The van der Waals surface area contributed by atoms with Crippen LogP contribution >= 0.6 is 0 Å². The zero-order chi connectivity index (χ0) is 12.6. The Balaban J connectivity index is 1.89. The van der Waals surface area contributed by atoms with E-state index in [1.807, 2.05) is 0 Å². The SMILES string of the molecule is CN(C)C(=O)CN(C)C(=O)C1CC2CCC1N2. The van der Waals surface area contributed by atoms with Crippen molar-refractivity contribution in [3.05, 3.63) is 0 Å². The lowest BCUT2D eigenvalue weighted by atomic mass is 9.88. The monoisotopic (exact) mass is 239 g/mol. The highest BCUT2D eigenvalue weighted by Gasteiger charge is 2.43. The van der Waals surface area contributed by atoms with Crippen molar-refractivity contribution >= 4 is 11.8 Å². The predicted molar refractivity (Wildman–Crippen MR) is 64.4 cm³/mol. The molecule has 0 saturated carbocycles. The number of likely N-dealkylation sites (N-methyl/N-ethyl adjacent to an activating group) is 2. The van der Waals surface area contributed by atoms with Gasteiger partial charge < -0.3 is 15.1 Å². The Morgan fingerprint density at radius 1 is 1.24 bits per heavy atom. The van der Waals surface area contributed by atoms with Crippen molar-refractivity contribution in [3.8, 4) is 0 Å². The van der Waals surface area contributed by atoms with E-state index in [0.29, 0.717) is 12.1 Å². The number of nitrogens with zero attached hydrogens (tertiary/aromatic N) is 2. The molecule has 2 heterocycles. The summed E-state index contributed by atoms with van der Waals surface area (Å²) in [6.45, 7) is 0.180. The lowest BCUT2D eigenvalue weighted by Crippen LogP contribution is -2.43. The summed E-state index contributed by atoms with van der Waals surface area (Å²) < 4.78 is 0. The summed E-state index contributed by atoms with van der Waals surface area (Å²) in [5, 5.41) is 3.45. The number of hydrogen-bond acceptors (Lipinski definition) is 3. The van der Waals surface area contributed by atoms with Crippen LogP contribution in [0.4, 0.5) is 0 Å². The molecule has 0 aromatic rings. The highest BCUT2D eigenvalue weighted by atomic mass is 16.2. The summed E-state index contributed by atoms with van der Waals surface area (Å²) in [4.78, 5) is 26.8. The van der Waals surface area contributed by atoms with Crippen LogP contribution in [-0.2, 0) is 9.59 Å². The molecule has 0 aliphatic carbocycles. The van der Waals surface area contributed by atoms with E-state index in [-0.39, 0.29) is 24.3 Å². The van der Waals surface area contributed by atoms with Crippen molar-refractivity contribution in [2.75, 3.05) is 27.7 Å². The quantitative estimate of drug-likeness (QED) is 0.734. The van der Waals surface area contributed by atoms with Crippen molar-refractivity contribution < 1.29 is 9.59 Å². The highest BCUT2D eigenvalue weighted by molar-refractivity contribution is 5.86. The number of fused-ring (bicyclic) bond motifs is 2. The summed E-state index contributed by atoms with van der Waals surface area (Å²) in [6.07, 6.45) is 3.22. The third kappa shape index (κ3) is 2.44. The highest BCUT2D eigenvalue weighted by Crippen LogP contribution is 2.34. The Morgan fingerprint density at radius 3 is 2.41 bits per heavy atom. The maximum absolute atomic E-state index is 12.2. The van der Waals surface area contributed by atoms with E-state index in [1.165, 1.54) is 11.3 Å². The van der Waals surface area contributed by atoms with Gasteiger partial charge in [-0.1, -0.05) is 0 Å². The van der Waals surface area contributed by atoms with Crippen LogP contribution in [0.1, 0.15) is 19.3 Å². The van der Waals surface area contributed by atoms with Gasteiger partial charge in [-0.25, -0.2) is 0 Å². The number of amides is 2. The molecule has 0 radical (unpaired) electrons. The second-order valence-electron chi connectivity index (χ2n) is 5.37. The topological polar surface area (TPSA) is 52.7 Å². The maximum atomic E-state index is 12.2. The minimum Gasteiger partial charge on any atom is -0.347 e. The zero-order valence-corrected chi connectivity index (χ0v) is 10.8.